The molecule has 110 valence electrons. The van der Waals surface area contributed by atoms with Gasteiger partial charge in [-0.2, -0.15) is 0 Å². The van der Waals surface area contributed by atoms with Crippen LogP contribution in [0, 0.1) is 0 Å². The summed E-state index contributed by atoms with van der Waals surface area (Å²) in [5.41, 5.74) is 1.24. The van der Waals surface area contributed by atoms with E-state index in [1.54, 1.807) is 24.4 Å². The minimum Gasteiger partial charge on any atom is -0.478 e. The number of pyridine rings is 1. The van der Waals surface area contributed by atoms with E-state index in [1.807, 2.05) is 0 Å². The van der Waals surface area contributed by atoms with Crippen molar-refractivity contribution in [2.24, 2.45) is 5.90 Å². The molecule has 6 nitrogen and oxygen atoms in total. The molecule has 0 saturated carbocycles. The molecule has 0 unspecified atom stereocenters. The average molecular weight is 328 g/mol. The molecule has 0 spiro atoms. The van der Waals surface area contributed by atoms with Gasteiger partial charge in [0.15, 0.2) is 0 Å². The maximum atomic E-state index is 11.4. The van der Waals surface area contributed by atoms with Crippen LogP contribution in [-0.4, -0.2) is 21.0 Å². The predicted molar refractivity (Wildman–Crippen MR) is 81.8 cm³/mol. The van der Waals surface area contributed by atoms with Crippen molar-refractivity contribution in [1.82, 2.24) is 9.97 Å². The van der Waals surface area contributed by atoms with Crippen LogP contribution in [0.4, 0.5) is 0 Å². The molecular formula is C13H11Cl2N3O3. The van der Waals surface area contributed by atoms with Crippen LogP contribution in [0.1, 0.15) is 16.1 Å². The van der Waals surface area contributed by atoms with E-state index in [4.69, 9.17) is 17.5 Å². The van der Waals surface area contributed by atoms with Crippen molar-refractivity contribution >= 4 is 51.7 Å². The molecular weight excluding hydrogens is 317 g/mol. The predicted octanol–water partition coefficient (Wildman–Crippen LogP) is 2.88. The number of aromatic carboxylic acids is 1. The zero-order chi connectivity index (χ0) is 14.3. The molecule has 0 aliphatic heterocycles. The Morgan fingerprint density at radius 3 is 2.86 bits per heavy atom. The number of nitrogens with one attached hydrogen (secondary N) is 1. The normalized spacial score (nSPS) is 10.8. The van der Waals surface area contributed by atoms with Gasteiger partial charge < -0.3 is 10.1 Å². The summed E-state index contributed by atoms with van der Waals surface area (Å²) in [6.07, 6.45) is 1.64. The Kier molecular flexibility index (Phi) is 4.34. The molecule has 2 heterocycles. The van der Waals surface area contributed by atoms with Crippen LogP contribution in [0.3, 0.4) is 0 Å². The highest BCUT2D eigenvalue weighted by molar-refractivity contribution is 6.30. The van der Waals surface area contributed by atoms with E-state index in [1.165, 1.54) is 0 Å². The van der Waals surface area contributed by atoms with Crippen molar-refractivity contribution in [1.29, 1.82) is 0 Å². The number of H-pyrrole nitrogens is 1. The lowest BCUT2D eigenvalue weighted by Crippen LogP contribution is -2.05. The zero-order valence-corrected chi connectivity index (χ0v) is 12.2. The van der Waals surface area contributed by atoms with Crippen molar-refractivity contribution in [3.63, 3.8) is 0 Å². The van der Waals surface area contributed by atoms with Crippen LogP contribution in [0.15, 0.2) is 24.4 Å². The summed E-state index contributed by atoms with van der Waals surface area (Å²) in [6, 6.07) is 5.22. The minimum atomic E-state index is -1.04. The fraction of sp³-hybridized carbons (Fsp3) is 0.0769. The van der Waals surface area contributed by atoms with Crippen molar-refractivity contribution in [3.05, 3.63) is 40.8 Å². The largest absolute Gasteiger partial charge is 0.478 e. The molecule has 0 fully saturated rings. The molecule has 8 heteroatoms. The topological polar surface area (TPSA) is 101 Å². The molecule has 21 heavy (non-hydrogen) atoms. The highest BCUT2D eigenvalue weighted by Crippen LogP contribution is 2.30. The Morgan fingerprint density at radius 1 is 1.43 bits per heavy atom. The number of carbonyl (C=O) groups is 1. The van der Waals surface area contributed by atoms with Crippen LogP contribution < -0.4 is 5.90 Å². The number of fused-ring (bicyclic) bond motifs is 3. The number of nitrogens with two attached hydrogens (primary N) is 1. The Balaban J connectivity index is 0.00000161. The summed E-state index contributed by atoms with van der Waals surface area (Å²) in [7, 11) is 0. The molecule has 0 radical (unpaired) electrons. The third-order valence-corrected chi connectivity index (χ3v) is 3.36. The second-order valence-electron chi connectivity index (χ2n) is 4.31. The van der Waals surface area contributed by atoms with Crippen molar-refractivity contribution in [2.75, 3.05) is 0 Å². The van der Waals surface area contributed by atoms with Crippen LogP contribution in [0.25, 0.3) is 21.7 Å². The van der Waals surface area contributed by atoms with Crippen molar-refractivity contribution in [2.45, 2.75) is 6.61 Å². The average Bonchev–Trinajstić information content (AvgIpc) is 2.77. The first-order chi connectivity index (χ1) is 9.61. The summed E-state index contributed by atoms with van der Waals surface area (Å²) in [4.78, 5) is 23.0. The molecule has 4 N–H and O–H groups in total. The smallest absolute Gasteiger partial charge is 0.338 e. The molecule has 0 aliphatic rings. The second-order valence-corrected chi connectivity index (χ2v) is 4.70. The molecule has 0 bridgehead atoms. The fourth-order valence-corrected chi connectivity index (χ4v) is 2.50. The number of hydrogen-bond acceptors (Lipinski definition) is 4. The van der Waals surface area contributed by atoms with Gasteiger partial charge in [0.25, 0.3) is 0 Å². The number of nitrogens with zero attached hydrogens (tertiary/aromatic N) is 1. The first-order valence-electron chi connectivity index (χ1n) is 5.75. The van der Waals surface area contributed by atoms with Crippen LogP contribution in [-0.2, 0) is 11.4 Å². The summed E-state index contributed by atoms with van der Waals surface area (Å²) in [5, 5.41) is 11.9. The van der Waals surface area contributed by atoms with Crippen molar-refractivity contribution in [3.8, 4) is 0 Å². The molecule has 3 rings (SSSR count). The summed E-state index contributed by atoms with van der Waals surface area (Å²) in [6.45, 7) is -0.0172. The number of carboxylic acids is 1. The van der Waals surface area contributed by atoms with Gasteiger partial charge in [-0.25, -0.2) is 15.7 Å². The number of rotatable bonds is 3. The molecule has 0 aliphatic carbocycles. The number of carboxylic acid groups (broad SMARTS) is 1. The van der Waals surface area contributed by atoms with Crippen LogP contribution in [0.2, 0.25) is 5.15 Å². The van der Waals surface area contributed by atoms with Gasteiger partial charge in [-0.1, -0.05) is 23.7 Å². The highest BCUT2D eigenvalue weighted by Gasteiger charge is 2.19. The Morgan fingerprint density at radius 2 is 2.19 bits per heavy atom. The number of aromatic nitrogens is 2. The SMILES string of the molecule is Cl.NOCc1[nH]c2c(ccc3cnc(Cl)cc32)c1C(=O)O. The van der Waals surface area contributed by atoms with E-state index in [9.17, 15) is 9.90 Å². The standard InChI is InChI=1S/C13H10ClN3O3.ClH/c14-10-3-8-6(4-16-10)1-2-7-11(13(18)19)9(5-20-15)17-12(7)8;/h1-4,17H,5,15H2,(H,18,19);1H. The van der Waals surface area contributed by atoms with Gasteiger partial charge in [0, 0.05) is 22.4 Å². The summed E-state index contributed by atoms with van der Waals surface area (Å²) >= 11 is 5.90. The maximum Gasteiger partial charge on any atom is 0.338 e. The lowest BCUT2D eigenvalue weighted by atomic mass is 10.1. The highest BCUT2D eigenvalue weighted by atomic mass is 35.5. The van der Waals surface area contributed by atoms with Gasteiger partial charge in [0.1, 0.15) is 11.8 Å². The Hall–Kier alpha value is -1.86. The lowest BCUT2D eigenvalue weighted by Gasteiger charge is -2.00. The van der Waals surface area contributed by atoms with E-state index < -0.39 is 5.97 Å². The molecule has 1 aromatic carbocycles. The molecule has 0 saturated heterocycles. The first kappa shape index (κ1) is 15.5. The molecule has 2 aromatic heterocycles. The maximum absolute atomic E-state index is 11.4. The third kappa shape index (κ3) is 2.54. The van der Waals surface area contributed by atoms with E-state index in [0.717, 1.165) is 10.8 Å². The fourth-order valence-electron chi connectivity index (χ4n) is 2.35. The molecule has 0 amide bonds. The third-order valence-electron chi connectivity index (χ3n) is 3.16. The lowest BCUT2D eigenvalue weighted by molar-refractivity contribution is 0.0689. The molecule has 3 aromatic rings. The number of halogens is 2. The Bertz CT molecular complexity index is 832. The van der Waals surface area contributed by atoms with E-state index in [-0.39, 0.29) is 24.6 Å². The second kappa shape index (κ2) is 5.87. The van der Waals surface area contributed by atoms with Gasteiger partial charge >= 0.3 is 5.97 Å². The number of hydrogen-bond donors (Lipinski definition) is 3. The van der Waals surface area contributed by atoms with E-state index >= 15 is 0 Å². The minimum absolute atomic E-state index is 0. The Labute approximate surface area is 130 Å². The molecule has 0 atom stereocenters. The van der Waals surface area contributed by atoms with E-state index in [0.29, 0.717) is 21.7 Å². The summed E-state index contributed by atoms with van der Waals surface area (Å²) < 4.78 is 0. The number of aromatic amines is 1. The van der Waals surface area contributed by atoms with Gasteiger partial charge in [0.2, 0.25) is 0 Å². The summed E-state index contributed by atoms with van der Waals surface area (Å²) in [5.74, 6) is 4.01. The van der Waals surface area contributed by atoms with Crippen LogP contribution >= 0.6 is 24.0 Å². The van der Waals surface area contributed by atoms with Gasteiger partial charge in [0.05, 0.1) is 16.8 Å². The van der Waals surface area contributed by atoms with Gasteiger partial charge in [-0.05, 0) is 6.07 Å². The van der Waals surface area contributed by atoms with Gasteiger partial charge in [-0.3, -0.25) is 4.84 Å². The quantitative estimate of drug-likeness (QED) is 0.507. The first-order valence-corrected chi connectivity index (χ1v) is 6.13. The van der Waals surface area contributed by atoms with Crippen molar-refractivity contribution < 1.29 is 14.7 Å². The zero-order valence-electron chi connectivity index (χ0n) is 10.6. The van der Waals surface area contributed by atoms with Crippen LogP contribution in [0.5, 0.6) is 0 Å². The number of benzene rings is 1. The van der Waals surface area contributed by atoms with Gasteiger partial charge in [-0.15, -0.1) is 12.4 Å². The monoisotopic (exact) mass is 327 g/mol. The van der Waals surface area contributed by atoms with E-state index in [2.05, 4.69) is 14.8 Å².